The number of benzene rings is 1. The largest absolute Gasteiger partial charge is 0.312 e. The van der Waals surface area contributed by atoms with Gasteiger partial charge in [-0.1, -0.05) is 23.5 Å². The predicted octanol–water partition coefficient (Wildman–Crippen LogP) is 1.91. The summed E-state index contributed by atoms with van der Waals surface area (Å²) in [6.45, 7) is 0. The van der Waals surface area contributed by atoms with E-state index in [0.29, 0.717) is 0 Å². The highest BCUT2D eigenvalue weighted by Gasteiger charge is 2.03. The van der Waals surface area contributed by atoms with Crippen molar-refractivity contribution >= 4 is 27.9 Å². The number of thiazole rings is 1. The van der Waals surface area contributed by atoms with Gasteiger partial charge in [0.15, 0.2) is 0 Å². The molecule has 0 radical (unpaired) electrons. The third kappa shape index (κ3) is 0.914. The maximum atomic E-state index is 11.5. The first-order valence-corrected chi connectivity index (χ1v) is 5.08. The highest BCUT2D eigenvalue weighted by Crippen LogP contribution is 2.13. The lowest BCUT2D eigenvalue weighted by molar-refractivity contribution is 1.19. The van der Waals surface area contributed by atoms with Crippen molar-refractivity contribution in [3.05, 3.63) is 45.5 Å². The molecule has 14 heavy (non-hydrogen) atoms. The third-order valence-electron chi connectivity index (χ3n) is 2.18. The molecule has 1 aromatic carbocycles. The van der Waals surface area contributed by atoms with Gasteiger partial charge in [0.25, 0.3) is 0 Å². The van der Waals surface area contributed by atoms with E-state index in [1.165, 1.54) is 11.3 Å². The molecule has 3 nitrogen and oxygen atoms in total. The van der Waals surface area contributed by atoms with Gasteiger partial charge in [-0.15, -0.1) is 0 Å². The van der Waals surface area contributed by atoms with E-state index in [2.05, 4.69) is 4.98 Å². The van der Waals surface area contributed by atoms with Crippen molar-refractivity contribution in [2.24, 2.45) is 0 Å². The fraction of sp³-hybridized carbons (Fsp3) is 0. The first-order valence-electron chi connectivity index (χ1n) is 4.20. The van der Waals surface area contributed by atoms with E-state index in [9.17, 15) is 4.79 Å². The van der Waals surface area contributed by atoms with Crippen molar-refractivity contribution in [3.8, 4) is 0 Å². The number of aromatic nitrogens is 2. The quantitative estimate of drug-likeness (QED) is 0.558. The van der Waals surface area contributed by atoms with Crippen LogP contribution in [0.25, 0.3) is 16.6 Å². The molecule has 0 fully saturated rings. The van der Waals surface area contributed by atoms with Crippen LogP contribution in [0, 0.1) is 0 Å². The summed E-state index contributed by atoms with van der Waals surface area (Å²) >= 11 is 1.20. The molecule has 0 bridgehead atoms. The maximum absolute atomic E-state index is 11.5. The molecular formula is C10H6N2OS. The lowest BCUT2D eigenvalue weighted by Gasteiger charge is -1.98. The molecule has 0 unspecified atom stereocenters. The molecule has 68 valence electrons. The summed E-state index contributed by atoms with van der Waals surface area (Å²) in [5.41, 5.74) is 2.58. The monoisotopic (exact) mass is 202 g/mol. The number of para-hydroxylation sites is 2. The molecule has 0 N–H and O–H groups in total. The molecule has 3 aromatic rings. The number of nitrogens with zero attached hydrogens (tertiary/aromatic N) is 2. The van der Waals surface area contributed by atoms with Crippen molar-refractivity contribution in [1.29, 1.82) is 0 Å². The zero-order valence-corrected chi connectivity index (χ0v) is 7.99. The third-order valence-corrected chi connectivity index (χ3v) is 2.92. The van der Waals surface area contributed by atoms with Crippen LogP contribution >= 0.6 is 11.3 Å². The number of fused-ring (bicyclic) bond motifs is 3. The van der Waals surface area contributed by atoms with Gasteiger partial charge in [-0.25, -0.2) is 0 Å². The molecule has 0 spiro atoms. The zero-order valence-electron chi connectivity index (χ0n) is 7.18. The van der Waals surface area contributed by atoms with E-state index in [0.717, 1.165) is 16.6 Å². The summed E-state index contributed by atoms with van der Waals surface area (Å²) in [7, 11) is 0. The first kappa shape index (κ1) is 7.70. The van der Waals surface area contributed by atoms with Gasteiger partial charge in [0.05, 0.1) is 22.7 Å². The molecule has 4 heteroatoms. The molecule has 0 saturated heterocycles. The second-order valence-corrected chi connectivity index (χ2v) is 3.83. The minimum atomic E-state index is 0.0404. The van der Waals surface area contributed by atoms with Gasteiger partial charge in [0.2, 0.25) is 0 Å². The van der Waals surface area contributed by atoms with Crippen LogP contribution in [-0.2, 0) is 0 Å². The van der Waals surface area contributed by atoms with Gasteiger partial charge in [-0.05, 0) is 12.1 Å². The summed E-state index contributed by atoms with van der Waals surface area (Å²) in [5, 5.41) is 1.82. The Labute approximate surface area is 83.3 Å². The Balaban J connectivity index is 2.72. The molecule has 0 aliphatic heterocycles. The molecule has 0 atom stereocenters. The second kappa shape index (κ2) is 2.65. The van der Waals surface area contributed by atoms with Crippen molar-refractivity contribution in [3.63, 3.8) is 0 Å². The molecular weight excluding hydrogens is 196 g/mol. The molecule has 0 aliphatic carbocycles. The van der Waals surface area contributed by atoms with E-state index >= 15 is 0 Å². The van der Waals surface area contributed by atoms with Crippen LogP contribution in [0.3, 0.4) is 0 Å². The van der Waals surface area contributed by atoms with Crippen LogP contribution in [0.4, 0.5) is 0 Å². The van der Waals surface area contributed by atoms with E-state index in [1.807, 2.05) is 29.6 Å². The van der Waals surface area contributed by atoms with E-state index in [1.54, 1.807) is 10.6 Å². The number of hydrogen-bond acceptors (Lipinski definition) is 3. The van der Waals surface area contributed by atoms with E-state index < -0.39 is 0 Å². The predicted molar refractivity (Wildman–Crippen MR) is 56.8 cm³/mol. The van der Waals surface area contributed by atoms with Crippen LogP contribution in [0.2, 0.25) is 0 Å². The maximum Gasteiger partial charge on any atom is 0.312 e. The Hall–Kier alpha value is -1.68. The number of hydrogen-bond donors (Lipinski definition) is 0. The Morgan fingerprint density at radius 1 is 1.29 bits per heavy atom. The van der Waals surface area contributed by atoms with Crippen molar-refractivity contribution < 1.29 is 0 Å². The Morgan fingerprint density at radius 3 is 3.07 bits per heavy atom. The van der Waals surface area contributed by atoms with Gasteiger partial charge in [0.1, 0.15) is 0 Å². The molecule has 2 heterocycles. The van der Waals surface area contributed by atoms with Crippen LogP contribution in [-0.4, -0.2) is 9.38 Å². The standard InChI is InChI=1S/C10H6N2OS/c13-10-12-7(6-14-10)5-11-8-3-1-2-4-9(8)12/h1-6H. The fourth-order valence-corrected chi connectivity index (χ4v) is 2.24. The van der Waals surface area contributed by atoms with Crippen LogP contribution in [0.15, 0.2) is 40.6 Å². The number of rotatable bonds is 0. The second-order valence-electron chi connectivity index (χ2n) is 3.01. The highest BCUT2D eigenvalue weighted by molar-refractivity contribution is 7.07. The average Bonchev–Trinajstić information content (AvgIpc) is 2.61. The summed E-state index contributed by atoms with van der Waals surface area (Å²) < 4.78 is 1.69. The molecule has 3 rings (SSSR count). The van der Waals surface area contributed by atoms with E-state index in [4.69, 9.17) is 0 Å². The molecule has 0 saturated carbocycles. The van der Waals surface area contributed by atoms with Gasteiger partial charge in [-0.2, -0.15) is 0 Å². The van der Waals surface area contributed by atoms with Gasteiger partial charge in [-0.3, -0.25) is 14.2 Å². The minimum Gasteiger partial charge on any atom is -0.264 e. The summed E-state index contributed by atoms with van der Waals surface area (Å²) in [5.74, 6) is 0. The van der Waals surface area contributed by atoms with Gasteiger partial charge >= 0.3 is 4.87 Å². The molecule has 2 aromatic heterocycles. The normalized spacial score (nSPS) is 11.1. The average molecular weight is 202 g/mol. The van der Waals surface area contributed by atoms with Crippen LogP contribution in [0.1, 0.15) is 0 Å². The van der Waals surface area contributed by atoms with E-state index in [-0.39, 0.29) is 4.87 Å². The SMILES string of the molecule is O=c1scc2cnc3ccccc3n12. The smallest absolute Gasteiger partial charge is 0.264 e. The van der Waals surface area contributed by atoms with Crippen LogP contribution in [0.5, 0.6) is 0 Å². The molecule has 0 amide bonds. The summed E-state index contributed by atoms with van der Waals surface area (Å²) in [6.07, 6.45) is 1.72. The topological polar surface area (TPSA) is 34.4 Å². The molecule has 0 aliphatic rings. The van der Waals surface area contributed by atoms with Crippen molar-refractivity contribution in [1.82, 2.24) is 9.38 Å². The van der Waals surface area contributed by atoms with Crippen LogP contribution < -0.4 is 4.87 Å². The van der Waals surface area contributed by atoms with Crippen molar-refractivity contribution in [2.75, 3.05) is 0 Å². The lowest BCUT2D eigenvalue weighted by Crippen LogP contribution is -2.04. The van der Waals surface area contributed by atoms with Gasteiger partial charge < -0.3 is 0 Å². The summed E-state index contributed by atoms with van der Waals surface area (Å²) in [6, 6.07) is 7.63. The zero-order chi connectivity index (χ0) is 9.54. The highest BCUT2D eigenvalue weighted by atomic mass is 32.1. The van der Waals surface area contributed by atoms with Gasteiger partial charge in [0, 0.05) is 5.38 Å². The lowest BCUT2D eigenvalue weighted by atomic mass is 10.3. The Morgan fingerprint density at radius 2 is 2.14 bits per heavy atom. The fourth-order valence-electron chi connectivity index (χ4n) is 1.55. The first-order chi connectivity index (χ1) is 6.86. The minimum absolute atomic E-state index is 0.0404. The Bertz CT molecular complexity index is 668. The van der Waals surface area contributed by atoms with Crippen molar-refractivity contribution in [2.45, 2.75) is 0 Å². The Kier molecular flexibility index (Phi) is 1.46. The summed E-state index contributed by atoms with van der Waals surface area (Å²) in [4.78, 5) is 15.9.